The number of nitrogens with zero attached hydrogens (tertiary/aromatic N) is 1. The van der Waals surface area contributed by atoms with Crippen LogP contribution in [-0.2, 0) is 4.74 Å². The molecule has 0 bridgehead atoms. The second-order valence-electron chi connectivity index (χ2n) is 3.86. The van der Waals surface area contributed by atoms with E-state index in [0.717, 1.165) is 39.1 Å². The Kier molecular flexibility index (Phi) is 4.70. The van der Waals surface area contributed by atoms with Gasteiger partial charge in [-0.2, -0.15) is 0 Å². The summed E-state index contributed by atoms with van der Waals surface area (Å²) in [6.07, 6.45) is 2.29. The first-order chi connectivity index (χ1) is 6.22. The molecule has 1 unspecified atom stereocenters. The number of rotatable bonds is 3. The zero-order valence-corrected chi connectivity index (χ0v) is 8.70. The summed E-state index contributed by atoms with van der Waals surface area (Å²) in [6.45, 7) is 7.67. The van der Waals surface area contributed by atoms with Gasteiger partial charge in [0.25, 0.3) is 0 Å². The number of hydrogen-bond acceptors (Lipinski definition) is 3. The number of hydrogen-bond donors (Lipinski definition) is 1. The maximum atomic E-state index is 9.27. The van der Waals surface area contributed by atoms with Crippen molar-refractivity contribution in [2.24, 2.45) is 0 Å². The summed E-state index contributed by atoms with van der Waals surface area (Å²) in [7, 11) is 0. The zero-order valence-electron chi connectivity index (χ0n) is 8.70. The Balaban J connectivity index is 2.35. The largest absolute Gasteiger partial charge is 0.392 e. The fourth-order valence-corrected chi connectivity index (χ4v) is 1.76. The quantitative estimate of drug-likeness (QED) is 0.711. The lowest BCUT2D eigenvalue weighted by molar-refractivity contribution is 0.0446. The molecule has 13 heavy (non-hydrogen) atoms. The van der Waals surface area contributed by atoms with Crippen molar-refractivity contribution in [1.82, 2.24) is 4.90 Å². The van der Waals surface area contributed by atoms with Crippen LogP contribution in [0.1, 0.15) is 26.7 Å². The predicted octanol–water partition coefficient (Wildman–Crippen LogP) is 0.868. The maximum Gasteiger partial charge on any atom is 0.0699 e. The van der Waals surface area contributed by atoms with Crippen molar-refractivity contribution in [3.8, 4) is 0 Å². The molecule has 1 fully saturated rings. The lowest BCUT2D eigenvalue weighted by atomic mass is 10.2. The normalized spacial score (nSPS) is 28.4. The summed E-state index contributed by atoms with van der Waals surface area (Å²) < 4.78 is 5.64. The first-order valence-corrected chi connectivity index (χ1v) is 5.24. The topological polar surface area (TPSA) is 32.7 Å². The van der Waals surface area contributed by atoms with E-state index < -0.39 is 0 Å². The first kappa shape index (κ1) is 11.0. The summed E-state index contributed by atoms with van der Waals surface area (Å²) in [5.74, 6) is 0. The minimum absolute atomic E-state index is 0.226. The van der Waals surface area contributed by atoms with Crippen molar-refractivity contribution in [1.29, 1.82) is 0 Å². The zero-order chi connectivity index (χ0) is 9.68. The second kappa shape index (κ2) is 5.58. The van der Waals surface area contributed by atoms with Crippen LogP contribution in [0.25, 0.3) is 0 Å². The van der Waals surface area contributed by atoms with E-state index in [0.29, 0.717) is 6.10 Å². The molecule has 0 saturated carbocycles. The average molecular weight is 187 g/mol. The molecule has 1 saturated heterocycles. The van der Waals surface area contributed by atoms with Crippen molar-refractivity contribution in [2.45, 2.75) is 38.9 Å². The summed E-state index contributed by atoms with van der Waals surface area (Å²) >= 11 is 0. The Bertz CT molecular complexity index is 139. The Hall–Kier alpha value is -0.120. The molecule has 0 aliphatic carbocycles. The second-order valence-corrected chi connectivity index (χ2v) is 3.86. The van der Waals surface area contributed by atoms with E-state index >= 15 is 0 Å². The molecule has 1 N–H and O–H groups in total. The number of ether oxygens (including phenoxy) is 1. The molecule has 0 aromatic heterocycles. The molecule has 0 radical (unpaired) electrons. The average Bonchev–Trinajstić information content (AvgIpc) is 2.28. The molecule has 1 rings (SSSR count). The molecule has 1 aliphatic heterocycles. The number of aliphatic hydroxyl groups is 1. The molecular formula is C10H21NO2. The van der Waals surface area contributed by atoms with Gasteiger partial charge in [-0.3, -0.25) is 4.90 Å². The molecule has 0 aromatic carbocycles. The van der Waals surface area contributed by atoms with Gasteiger partial charge in [0.2, 0.25) is 0 Å². The van der Waals surface area contributed by atoms with E-state index in [9.17, 15) is 5.11 Å². The van der Waals surface area contributed by atoms with Crippen molar-refractivity contribution in [3.63, 3.8) is 0 Å². The molecule has 1 aliphatic rings. The van der Waals surface area contributed by atoms with E-state index in [1.54, 1.807) is 0 Å². The SMILES string of the molecule is CCC1CN(C[C@H](C)O)CCCO1. The lowest BCUT2D eigenvalue weighted by Crippen LogP contribution is -2.36. The van der Waals surface area contributed by atoms with Gasteiger partial charge in [0, 0.05) is 26.2 Å². The van der Waals surface area contributed by atoms with Crippen LogP contribution >= 0.6 is 0 Å². The standard InChI is InChI=1S/C10H21NO2/c1-3-10-8-11(7-9(2)12)5-4-6-13-10/h9-10,12H,3-8H2,1-2H3/t9-,10?/m0/s1. The third kappa shape index (κ3) is 4.07. The first-order valence-electron chi connectivity index (χ1n) is 5.24. The smallest absolute Gasteiger partial charge is 0.0699 e. The van der Waals surface area contributed by atoms with Gasteiger partial charge in [-0.15, -0.1) is 0 Å². The van der Waals surface area contributed by atoms with Crippen molar-refractivity contribution in [3.05, 3.63) is 0 Å². The number of aliphatic hydroxyl groups excluding tert-OH is 1. The molecule has 0 spiro atoms. The fraction of sp³-hybridized carbons (Fsp3) is 1.00. The highest BCUT2D eigenvalue weighted by Gasteiger charge is 2.17. The van der Waals surface area contributed by atoms with Crippen molar-refractivity contribution < 1.29 is 9.84 Å². The van der Waals surface area contributed by atoms with E-state index in [-0.39, 0.29) is 6.10 Å². The highest BCUT2D eigenvalue weighted by Crippen LogP contribution is 2.08. The van der Waals surface area contributed by atoms with Gasteiger partial charge >= 0.3 is 0 Å². The Labute approximate surface area is 80.7 Å². The van der Waals surface area contributed by atoms with Crippen LogP contribution in [0.15, 0.2) is 0 Å². The van der Waals surface area contributed by atoms with Crippen LogP contribution in [0, 0.1) is 0 Å². The molecular weight excluding hydrogens is 166 g/mol. The molecule has 78 valence electrons. The van der Waals surface area contributed by atoms with Gasteiger partial charge in [0.15, 0.2) is 0 Å². The Morgan fingerprint density at radius 1 is 1.62 bits per heavy atom. The maximum absolute atomic E-state index is 9.27. The van der Waals surface area contributed by atoms with Crippen LogP contribution in [0.3, 0.4) is 0 Å². The summed E-state index contributed by atoms with van der Waals surface area (Å²) in [5, 5.41) is 9.27. The lowest BCUT2D eigenvalue weighted by Gasteiger charge is -2.23. The van der Waals surface area contributed by atoms with Gasteiger partial charge in [-0.1, -0.05) is 6.92 Å². The third-order valence-corrected chi connectivity index (χ3v) is 2.41. The predicted molar refractivity (Wildman–Crippen MR) is 52.8 cm³/mol. The molecule has 1 heterocycles. The van der Waals surface area contributed by atoms with Crippen molar-refractivity contribution >= 4 is 0 Å². The van der Waals surface area contributed by atoms with Gasteiger partial charge in [0.1, 0.15) is 0 Å². The minimum atomic E-state index is -0.226. The van der Waals surface area contributed by atoms with E-state index in [1.165, 1.54) is 0 Å². The van der Waals surface area contributed by atoms with Crippen LogP contribution < -0.4 is 0 Å². The van der Waals surface area contributed by atoms with Gasteiger partial charge in [-0.25, -0.2) is 0 Å². The Morgan fingerprint density at radius 2 is 2.38 bits per heavy atom. The van der Waals surface area contributed by atoms with Gasteiger partial charge < -0.3 is 9.84 Å². The highest BCUT2D eigenvalue weighted by molar-refractivity contribution is 4.70. The summed E-state index contributed by atoms with van der Waals surface area (Å²) in [5.41, 5.74) is 0. The van der Waals surface area contributed by atoms with E-state index in [1.807, 2.05) is 6.92 Å². The highest BCUT2D eigenvalue weighted by atomic mass is 16.5. The third-order valence-electron chi connectivity index (χ3n) is 2.41. The summed E-state index contributed by atoms with van der Waals surface area (Å²) in [4.78, 5) is 2.30. The molecule has 3 nitrogen and oxygen atoms in total. The molecule has 0 aromatic rings. The minimum Gasteiger partial charge on any atom is -0.392 e. The number of β-amino-alcohol motifs (C(OH)–C–C–N with tert-alkyl or cyclic N) is 1. The molecule has 3 heteroatoms. The van der Waals surface area contributed by atoms with Gasteiger partial charge in [0.05, 0.1) is 12.2 Å². The van der Waals surface area contributed by atoms with E-state index in [2.05, 4.69) is 11.8 Å². The van der Waals surface area contributed by atoms with Crippen molar-refractivity contribution in [2.75, 3.05) is 26.2 Å². The monoisotopic (exact) mass is 187 g/mol. The van der Waals surface area contributed by atoms with E-state index in [4.69, 9.17) is 4.74 Å². The van der Waals surface area contributed by atoms with Crippen LogP contribution in [0.5, 0.6) is 0 Å². The van der Waals surface area contributed by atoms with Crippen LogP contribution in [-0.4, -0.2) is 48.5 Å². The molecule has 0 amide bonds. The fourth-order valence-electron chi connectivity index (χ4n) is 1.76. The molecule has 2 atom stereocenters. The summed E-state index contributed by atoms with van der Waals surface area (Å²) in [6, 6.07) is 0. The van der Waals surface area contributed by atoms with Crippen LogP contribution in [0.4, 0.5) is 0 Å². The Morgan fingerprint density at radius 3 is 3.00 bits per heavy atom. The van der Waals surface area contributed by atoms with Crippen LogP contribution in [0.2, 0.25) is 0 Å². The van der Waals surface area contributed by atoms with Gasteiger partial charge in [-0.05, 0) is 19.8 Å².